The van der Waals surface area contributed by atoms with Crippen LogP contribution in [-0.2, 0) is 16.1 Å². The largest absolute Gasteiger partial charge is 0.496 e. The van der Waals surface area contributed by atoms with E-state index in [1.165, 1.54) is 0 Å². The molecule has 0 amide bonds. The molecule has 1 N–H and O–H groups in total. The molecule has 0 aliphatic carbocycles. The Morgan fingerprint density at radius 2 is 1.87 bits per heavy atom. The molecule has 2 aliphatic rings. The fraction of sp³-hybridized carbons (Fsp3) is 0.444. The molecule has 9 nitrogen and oxygen atoms in total. The molecule has 45 heavy (non-hydrogen) atoms. The van der Waals surface area contributed by atoms with Crippen molar-refractivity contribution in [3.05, 3.63) is 65.7 Å². The lowest BCUT2D eigenvalue weighted by Gasteiger charge is -2.35. The number of hydrogen-bond acceptors (Lipinski definition) is 8. The van der Waals surface area contributed by atoms with Crippen LogP contribution in [0.3, 0.4) is 0 Å². The summed E-state index contributed by atoms with van der Waals surface area (Å²) in [4.78, 5) is 21.0. The van der Waals surface area contributed by atoms with Crippen LogP contribution < -0.4 is 9.47 Å². The number of aliphatic carboxylic acids is 1. The number of hydrogen-bond donors (Lipinski definition) is 1. The number of carboxylic acid groups (broad SMARTS) is 1. The maximum atomic E-state index is 11.5. The van der Waals surface area contributed by atoms with Crippen molar-refractivity contribution in [1.29, 1.82) is 0 Å². The van der Waals surface area contributed by atoms with Crippen molar-refractivity contribution < 1.29 is 28.5 Å². The van der Waals surface area contributed by atoms with Gasteiger partial charge in [-0.15, -0.1) is 0 Å². The Hall–Kier alpha value is -3.92. The third-order valence-corrected chi connectivity index (χ3v) is 9.02. The molecule has 238 valence electrons. The zero-order chi connectivity index (χ0) is 31.2. The molecule has 1 atom stereocenters. The second kappa shape index (κ2) is 14.5. The van der Waals surface area contributed by atoms with Crippen molar-refractivity contribution in [2.75, 3.05) is 53.1 Å². The summed E-state index contributed by atoms with van der Waals surface area (Å²) < 4.78 is 23.7. The second-order valence-electron chi connectivity index (χ2n) is 12.0. The van der Waals surface area contributed by atoms with E-state index in [4.69, 9.17) is 23.6 Å². The molecule has 2 saturated heterocycles. The van der Waals surface area contributed by atoms with Gasteiger partial charge in [0.05, 0.1) is 33.4 Å². The van der Waals surface area contributed by atoms with Gasteiger partial charge in [0.2, 0.25) is 5.89 Å². The molecule has 2 fully saturated rings. The van der Waals surface area contributed by atoms with Gasteiger partial charge in [-0.25, -0.2) is 4.98 Å². The quantitative estimate of drug-likeness (QED) is 0.182. The number of oxazole rings is 1. The van der Waals surface area contributed by atoms with Crippen molar-refractivity contribution >= 4 is 17.1 Å². The zero-order valence-electron chi connectivity index (χ0n) is 26.3. The number of carbonyl (C=O) groups is 1. The fourth-order valence-electron chi connectivity index (χ4n) is 6.58. The minimum absolute atomic E-state index is 0.0197. The molecule has 3 heterocycles. The first-order chi connectivity index (χ1) is 22.0. The first-order valence-corrected chi connectivity index (χ1v) is 16.0. The minimum Gasteiger partial charge on any atom is -0.496 e. The highest BCUT2D eigenvalue weighted by atomic mass is 16.5. The van der Waals surface area contributed by atoms with Crippen LogP contribution in [0.15, 0.2) is 59.0 Å². The molecule has 1 aromatic heterocycles. The van der Waals surface area contributed by atoms with Crippen LogP contribution in [0, 0.1) is 6.92 Å². The number of methoxy groups -OCH3 is 1. The first-order valence-electron chi connectivity index (χ1n) is 16.0. The molecule has 0 bridgehead atoms. The predicted octanol–water partition coefficient (Wildman–Crippen LogP) is 6.41. The number of rotatable bonds is 12. The molecule has 4 aromatic rings. The van der Waals surface area contributed by atoms with Crippen molar-refractivity contribution in [3.63, 3.8) is 0 Å². The number of benzene rings is 3. The van der Waals surface area contributed by atoms with E-state index in [9.17, 15) is 9.90 Å². The summed E-state index contributed by atoms with van der Waals surface area (Å²) in [5, 5.41) is 9.43. The topological polar surface area (TPSA) is 97.5 Å². The van der Waals surface area contributed by atoms with Crippen LogP contribution >= 0.6 is 0 Å². The summed E-state index contributed by atoms with van der Waals surface area (Å²) in [7, 11) is 1.66. The van der Waals surface area contributed by atoms with Gasteiger partial charge in [-0.05, 0) is 73.7 Å². The molecule has 0 radical (unpaired) electrons. The Kier molecular flexibility index (Phi) is 9.98. The summed E-state index contributed by atoms with van der Waals surface area (Å²) in [5.41, 5.74) is 6.56. The van der Waals surface area contributed by atoms with Gasteiger partial charge >= 0.3 is 5.97 Å². The van der Waals surface area contributed by atoms with Gasteiger partial charge in [0, 0.05) is 49.4 Å². The summed E-state index contributed by atoms with van der Waals surface area (Å²) >= 11 is 0. The van der Waals surface area contributed by atoms with Gasteiger partial charge in [0.25, 0.3) is 0 Å². The van der Waals surface area contributed by atoms with Crippen LogP contribution in [0.5, 0.6) is 11.5 Å². The smallest absolute Gasteiger partial charge is 0.304 e. The van der Waals surface area contributed by atoms with Crippen molar-refractivity contribution in [1.82, 2.24) is 14.8 Å². The number of likely N-dealkylation sites (tertiary alicyclic amines) is 1. The lowest BCUT2D eigenvalue weighted by atomic mass is 9.96. The van der Waals surface area contributed by atoms with E-state index in [-0.39, 0.29) is 12.5 Å². The Balaban J connectivity index is 1.19. The summed E-state index contributed by atoms with van der Waals surface area (Å²) in [6.45, 7) is 8.88. The number of aromatic nitrogens is 1. The summed E-state index contributed by atoms with van der Waals surface area (Å²) in [5.74, 6) is 1.39. The number of ether oxygens (including phenoxy) is 3. The number of piperidine rings is 1. The van der Waals surface area contributed by atoms with Gasteiger partial charge in [-0.1, -0.05) is 30.7 Å². The van der Waals surface area contributed by atoms with Crippen molar-refractivity contribution in [2.24, 2.45) is 0 Å². The third kappa shape index (κ3) is 7.49. The molecule has 1 unspecified atom stereocenters. The fourth-order valence-corrected chi connectivity index (χ4v) is 6.58. The van der Waals surface area contributed by atoms with Gasteiger partial charge in [0.15, 0.2) is 5.58 Å². The molecule has 3 aromatic carbocycles. The minimum atomic E-state index is -0.759. The van der Waals surface area contributed by atoms with Crippen molar-refractivity contribution in [2.45, 2.75) is 51.6 Å². The average Bonchev–Trinajstić information content (AvgIpc) is 3.47. The van der Waals surface area contributed by atoms with Gasteiger partial charge < -0.3 is 23.7 Å². The molecule has 2 aliphatic heterocycles. The van der Waals surface area contributed by atoms with Crippen LogP contribution in [0.25, 0.3) is 33.7 Å². The number of carboxylic acids is 1. The van der Waals surface area contributed by atoms with E-state index in [2.05, 4.69) is 34.9 Å². The second-order valence-corrected chi connectivity index (χ2v) is 12.0. The lowest BCUT2D eigenvalue weighted by Crippen LogP contribution is -2.40. The van der Waals surface area contributed by atoms with E-state index >= 15 is 0 Å². The molecule has 9 heteroatoms. The van der Waals surface area contributed by atoms with E-state index in [0.717, 1.165) is 110 Å². The highest BCUT2D eigenvalue weighted by Crippen LogP contribution is 2.36. The normalized spacial score (nSPS) is 17.9. The third-order valence-electron chi connectivity index (χ3n) is 9.02. The van der Waals surface area contributed by atoms with Crippen LogP contribution in [0.4, 0.5) is 0 Å². The van der Waals surface area contributed by atoms with E-state index in [1.54, 1.807) is 7.11 Å². The van der Waals surface area contributed by atoms with E-state index in [1.807, 2.05) is 36.4 Å². The molecule has 0 spiro atoms. The maximum Gasteiger partial charge on any atom is 0.304 e. The molecular formula is C36H43N3O6. The predicted molar refractivity (Wildman–Crippen MR) is 174 cm³/mol. The van der Waals surface area contributed by atoms with E-state index in [0.29, 0.717) is 24.6 Å². The Bertz CT molecular complexity index is 1610. The number of fused-ring (bicyclic) bond motifs is 1. The van der Waals surface area contributed by atoms with Gasteiger partial charge in [-0.3, -0.25) is 14.6 Å². The van der Waals surface area contributed by atoms with Gasteiger partial charge in [-0.2, -0.15) is 0 Å². The number of nitrogens with zero attached hydrogens (tertiary/aromatic N) is 3. The molecular weight excluding hydrogens is 570 g/mol. The Morgan fingerprint density at radius 1 is 1.04 bits per heavy atom. The van der Waals surface area contributed by atoms with Crippen molar-refractivity contribution in [3.8, 4) is 34.1 Å². The first kappa shape index (κ1) is 31.1. The molecule has 0 saturated carbocycles. The van der Waals surface area contributed by atoms with Crippen LogP contribution in [-0.4, -0.2) is 85.0 Å². The summed E-state index contributed by atoms with van der Waals surface area (Å²) in [6, 6.07) is 18.4. The Morgan fingerprint density at radius 3 is 2.69 bits per heavy atom. The van der Waals surface area contributed by atoms with Gasteiger partial charge in [0.1, 0.15) is 17.0 Å². The van der Waals surface area contributed by atoms with E-state index < -0.39 is 5.97 Å². The standard InChI is InChI=1S/C36H43N3O6/c1-25-30(26-8-5-10-29(20-26)44-17-7-13-38-15-18-43-19-16-38)11-6-12-31(25)36-37-32-23-33(42-2)27(21-34(32)45-36)24-39-14-4-3-9-28(39)22-35(40)41/h5-6,8,10-12,20-21,23,28H,3-4,7,9,13-19,22,24H2,1-2H3,(H,40,41). The highest BCUT2D eigenvalue weighted by Gasteiger charge is 2.26. The highest BCUT2D eigenvalue weighted by molar-refractivity contribution is 5.82. The average molecular weight is 614 g/mol. The number of morpholine rings is 1. The lowest BCUT2D eigenvalue weighted by molar-refractivity contribution is -0.138. The van der Waals surface area contributed by atoms with Crippen LogP contribution in [0.1, 0.15) is 43.2 Å². The maximum absolute atomic E-state index is 11.5. The zero-order valence-corrected chi connectivity index (χ0v) is 26.3. The summed E-state index contributed by atoms with van der Waals surface area (Å²) in [6.07, 6.45) is 4.14. The monoisotopic (exact) mass is 613 g/mol. The Labute approximate surface area is 264 Å². The SMILES string of the molecule is COc1cc2nc(-c3cccc(-c4cccc(OCCCN5CCOCC5)c4)c3C)oc2cc1CN1CCCCC1CC(=O)O. The van der Waals surface area contributed by atoms with Crippen LogP contribution in [0.2, 0.25) is 0 Å². The molecule has 6 rings (SSSR count).